The fraction of sp³-hybridized carbons (Fsp3) is 0.417. The minimum Gasteiger partial charge on any atom is -0.508 e. The Labute approximate surface area is 474 Å². The van der Waals surface area contributed by atoms with Crippen LogP contribution in [-0.2, 0) is 23.9 Å². The molecule has 3 fully saturated rings. The molecular weight excluding hydrogens is 1060 g/mol. The summed E-state index contributed by atoms with van der Waals surface area (Å²) in [5, 5.41) is 29.2. The van der Waals surface area contributed by atoms with E-state index in [4.69, 9.17) is 26.1 Å². The molecule has 3 aliphatic rings. The second-order valence-corrected chi connectivity index (χ2v) is 23.5. The van der Waals surface area contributed by atoms with E-state index >= 15 is 4.39 Å². The van der Waals surface area contributed by atoms with Crippen LogP contribution in [0.5, 0.6) is 11.8 Å². The molecule has 2 aromatic heterocycles. The number of hydrogen-bond donors (Lipinski definition) is 4. The zero-order valence-electron chi connectivity index (χ0n) is 46.0. The number of piperazine rings is 1. The number of piperidine rings is 1. The number of fused-ring (bicyclic) bond motifs is 2. The van der Waals surface area contributed by atoms with Crippen LogP contribution in [0.25, 0.3) is 43.2 Å². The standard InChI is InChI=1S/C60H69ClFN9O8S/c1-9-50(75)69-28-35(3)70(29-34(69)2)56-46-27-47(61)51(45-25-42(72)24-41-12-10-11-13-44(41)45)52(62)53(46)66-59(67-56)79-23-22-68-20-18-38(19-21-68)31-78-32-49(74)65-55(60(6,7)8)58(77)71-30-43(73)26-48(71)57(76)64-36(4)39-14-16-40(17-15-39)54-37(5)63-33-80-54/h9-17,24-25,27,33,35-36,38,43,48,55,72-73H,1-2,18-23,26,28-32H2,3-8H3,(H,64,76)(H,65,74)/t35-,36-,43+,48-,55+/m0/s1. The van der Waals surface area contributed by atoms with Crippen LogP contribution in [-0.4, -0.2) is 147 Å². The molecule has 20 heteroatoms. The molecule has 4 N–H and O–H groups in total. The van der Waals surface area contributed by atoms with E-state index in [1.165, 1.54) is 17.0 Å². The Morgan fingerprint density at radius 1 is 1.01 bits per heavy atom. The van der Waals surface area contributed by atoms with Gasteiger partial charge < -0.3 is 45.0 Å². The molecule has 4 amide bonds. The third-order valence-corrected chi connectivity index (χ3v) is 16.7. The Bertz CT molecular complexity index is 3330. The lowest BCUT2D eigenvalue weighted by atomic mass is 9.85. The number of phenols is 1. The third kappa shape index (κ3) is 12.6. The first-order valence-electron chi connectivity index (χ1n) is 27.0. The second kappa shape index (κ2) is 24.4. The van der Waals surface area contributed by atoms with Gasteiger partial charge in [0.15, 0.2) is 5.82 Å². The van der Waals surface area contributed by atoms with Crippen molar-refractivity contribution in [1.29, 1.82) is 0 Å². The SMILES string of the molecule is C=CC(=O)N1C[C@H](C)N(c2nc(OCCN3CCC(COCC(=O)N[C@H](C(=O)N4C[C@H](O)C[C@H]4C(=O)N[C@@H](C)c4ccc(-c5scnc5C)cc4)C(C)(C)C)CC3)nc3c(F)c(-c4cc(O)cc5ccccc45)c(Cl)cc23)CC1=C. The number of nitrogens with one attached hydrogen (secondary N) is 2. The molecule has 3 saturated heterocycles. The van der Waals surface area contributed by atoms with E-state index in [9.17, 15) is 29.4 Å². The van der Waals surface area contributed by atoms with E-state index in [-0.39, 0.29) is 96.9 Å². The Kier molecular flexibility index (Phi) is 17.6. The molecular formula is C60H69ClFN9O8S. The molecule has 0 spiro atoms. The number of ether oxygens (including phenoxy) is 2. The summed E-state index contributed by atoms with van der Waals surface area (Å²) in [5.74, 6) is -1.80. The molecule has 0 bridgehead atoms. The smallest absolute Gasteiger partial charge is 0.319 e. The van der Waals surface area contributed by atoms with Crippen molar-refractivity contribution in [3.05, 3.63) is 119 Å². The number of anilines is 1. The van der Waals surface area contributed by atoms with Gasteiger partial charge in [0.25, 0.3) is 0 Å². The number of aromatic hydroxyl groups is 1. The number of phenolic OH excluding ortho intramolecular Hbond substituents is 1. The molecule has 0 unspecified atom stereocenters. The monoisotopic (exact) mass is 1130 g/mol. The Balaban J connectivity index is 0.793. The highest BCUT2D eigenvalue weighted by Gasteiger charge is 2.45. The van der Waals surface area contributed by atoms with Gasteiger partial charge in [-0.05, 0) is 110 Å². The van der Waals surface area contributed by atoms with Crippen molar-refractivity contribution >= 4 is 74.1 Å². The summed E-state index contributed by atoms with van der Waals surface area (Å²) in [6.45, 7) is 21.8. The number of thiazole rings is 1. The number of aliphatic hydroxyl groups excluding tert-OH is 1. The average Bonchev–Trinajstić information content (AvgIpc) is 4.06. The minimum atomic E-state index is -0.995. The second-order valence-electron chi connectivity index (χ2n) is 22.2. The molecule has 5 heterocycles. The van der Waals surface area contributed by atoms with Crippen LogP contribution in [0.15, 0.2) is 97.2 Å². The number of halogens is 2. The lowest BCUT2D eigenvalue weighted by Gasteiger charge is -2.41. The summed E-state index contributed by atoms with van der Waals surface area (Å²) in [6, 6.07) is 17.3. The number of carbonyl (C=O) groups is 4. The summed E-state index contributed by atoms with van der Waals surface area (Å²) in [7, 11) is 0. The van der Waals surface area contributed by atoms with Crippen LogP contribution in [0.2, 0.25) is 5.02 Å². The number of aliphatic hydroxyl groups is 1. The molecule has 0 aliphatic carbocycles. The highest BCUT2D eigenvalue weighted by atomic mass is 35.5. The number of nitrogens with zero attached hydrogens (tertiary/aromatic N) is 7. The van der Waals surface area contributed by atoms with Crippen molar-refractivity contribution in [3.63, 3.8) is 0 Å². The van der Waals surface area contributed by atoms with Gasteiger partial charge in [0.05, 0.1) is 46.4 Å². The number of aromatic nitrogens is 3. The van der Waals surface area contributed by atoms with Gasteiger partial charge in [-0.1, -0.05) is 94.1 Å². The van der Waals surface area contributed by atoms with Gasteiger partial charge in [0.1, 0.15) is 42.4 Å². The summed E-state index contributed by atoms with van der Waals surface area (Å²) >= 11 is 8.53. The van der Waals surface area contributed by atoms with Gasteiger partial charge in [0.2, 0.25) is 23.6 Å². The molecule has 17 nitrogen and oxygen atoms in total. The van der Waals surface area contributed by atoms with Crippen molar-refractivity contribution in [1.82, 2.24) is 40.3 Å². The number of amides is 4. The van der Waals surface area contributed by atoms with Gasteiger partial charge in [-0.2, -0.15) is 9.97 Å². The lowest BCUT2D eigenvalue weighted by Crippen LogP contribution is -2.58. The quantitative estimate of drug-likeness (QED) is 0.0633. The molecule has 80 heavy (non-hydrogen) atoms. The lowest BCUT2D eigenvalue weighted by molar-refractivity contribution is -0.144. The third-order valence-electron chi connectivity index (χ3n) is 15.4. The number of benzene rings is 4. The van der Waals surface area contributed by atoms with Crippen molar-refractivity contribution < 1.29 is 43.3 Å². The number of hydrogen-bond acceptors (Lipinski definition) is 14. The van der Waals surface area contributed by atoms with Crippen molar-refractivity contribution in [3.8, 4) is 33.3 Å². The number of aryl methyl sites for hydroxylation is 1. The van der Waals surface area contributed by atoms with E-state index in [1.54, 1.807) is 28.4 Å². The van der Waals surface area contributed by atoms with Gasteiger partial charge in [-0.25, -0.2) is 9.37 Å². The van der Waals surface area contributed by atoms with Crippen LogP contribution in [0.1, 0.15) is 71.2 Å². The maximum Gasteiger partial charge on any atom is 0.319 e. The van der Waals surface area contributed by atoms with Gasteiger partial charge in [0, 0.05) is 48.7 Å². The van der Waals surface area contributed by atoms with Crippen LogP contribution in [0, 0.1) is 24.1 Å². The average molecular weight is 1130 g/mol. The Morgan fingerprint density at radius 2 is 1.75 bits per heavy atom. The predicted octanol–water partition coefficient (Wildman–Crippen LogP) is 8.59. The molecule has 6 aromatic rings. The fourth-order valence-electron chi connectivity index (χ4n) is 10.9. The van der Waals surface area contributed by atoms with Gasteiger partial charge in [-0.15, -0.1) is 11.3 Å². The van der Waals surface area contributed by atoms with Crippen LogP contribution >= 0.6 is 22.9 Å². The number of carbonyl (C=O) groups excluding carboxylic acids is 4. The number of β-amino-alcohol motifs (C(OH)–C–C–N with tert-alkyl or cyclic N) is 1. The highest BCUT2D eigenvalue weighted by molar-refractivity contribution is 7.13. The van der Waals surface area contributed by atoms with Crippen LogP contribution in [0.3, 0.4) is 0 Å². The minimum absolute atomic E-state index is 0.0269. The van der Waals surface area contributed by atoms with Gasteiger partial charge in [-0.3, -0.25) is 24.1 Å². The van der Waals surface area contributed by atoms with Gasteiger partial charge >= 0.3 is 6.01 Å². The molecule has 9 rings (SSSR count). The number of rotatable bonds is 17. The molecule has 422 valence electrons. The predicted molar refractivity (Wildman–Crippen MR) is 309 cm³/mol. The van der Waals surface area contributed by atoms with Crippen molar-refractivity contribution in [2.45, 2.75) is 91.1 Å². The van der Waals surface area contributed by atoms with Crippen LogP contribution < -0.4 is 20.3 Å². The molecule has 3 aliphatic heterocycles. The molecule has 0 saturated carbocycles. The highest BCUT2D eigenvalue weighted by Crippen LogP contribution is 2.43. The molecule has 4 aromatic carbocycles. The normalized spacial score (nSPS) is 19.1. The largest absolute Gasteiger partial charge is 0.508 e. The maximum absolute atomic E-state index is 17.2. The fourth-order valence-corrected chi connectivity index (χ4v) is 12.0. The zero-order valence-corrected chi connectivity index (χ0v) is 47.6. The first kappa shape index (κ1) is 57.6. The summed E-state index contributed by atoms with van der Waals surface area (Å²) in [5.41, 5.74) is 4.90. The van der Waals surface area contributed by atoms with E-state index in [0.29, 0.717) is 46.4 Å². The first-order valence-corrected chi connectivity index (χ1v) is 28.3. The molecule has 0 radical (unpaired) electrons. The molecule has 5 atom stereocenters. The van der Waals surface area contributed by atoms with Crippen molar-refractivity contribution in [2.75, 3.05) is 64.0 Å². The Hall–Kier alpha value is -7.03. The van der Waals surface area contributed by atoms with Crippen molar-refractivity contribution in [2.24, 2.45) is 11.3 Å². The number of likely N-dealkylation sites (tertiary alicyclic amines) is 2. The first-order chi connectivity index (χ1) is 38.2. The summed E-state index contributed by atoms with van der Waals surface area (Å²) in [4.78, 5) is 76.2. The summed E-state index contributed by atoms with van der Waals surface area (Å²) in [6.07, 6.45) is 1.99. The topological polar surface area (TPSA) is 203 Å². The summed E-state index contributed by atoms with van der Waals surface area (Å²) < 4.78 is 29.4. The zero-order chi connectivity index (χ0) is 57.2. The van der Waals surface area contributed by atoms with E-state index in [2.05, 4.69) is 38.7 Å². The van der Waals surface area contributed by atoms with E-state index < -0.39 is 41.2 Å². The van der Waals surface area contributed by atoms with Crippen LogP contribution in [0.4, 0.5) is 10.2 Å². The van der Waals surface area contributed by atoms with E-state index in [0.717, 1.165) is 47.6 Å². The van der Waals surface area contributed by atoms with E-state index in [1.807, 2.05) is 100 Å². The Morgan fingerprint density at radius 3 is 2.45 bits per heavy atom. The maximum atomic E-state index is 17.2.